The first-order chi connectivity index (χ1) is 14.8. The molecule has 0 saturated carbocycles. The van der Waals surface area contributed by atoms with Crippen LogP contribution in [-0.2, 0) is 14.3 Å². The molecule has 1 fully saturated rings. The number of carbonyl (C=O) groups is 2. The quantitative estimate of drug-likeness (QED) is 0.390. The van der Waals surface area contributed by atoms with E-state index in [-0.39, 0.29) is 24.0 Å². The lowest BCUT2D eigenvalue weighted by atomic mass is 9.94. The van der Waals surface area contributed by atoms with Gasteiger partial charge >= 0.3 is 0 Å². The number of aliphatic hydroxyl groups excluding tert-OH is 1. The number of rotatable bonds is 8. The van der Waals surface area contributed by atoms with E-state index in [1.807, 2.05) is 52.0 Å². The molecule has 0 spiro atoms. The lowest BCUT2D eigenvalue weighted by Crippen LogP contribution is -2.33. The zero-order chi connectivity index (χ0) is 22.5. The van der Waals surface area contributed by atoms with Crippen LogP contribution in [0.1, 0.15) is 43.5 Å². The molecule has 0 radical (unpaired) electrons. The normalized spacial score (nSPS) is 18.1. The average molecular weight is 424 g/mol. The summed E-state index contributed by atoms with van der Waals surface area (Å²) in [5.74, 6) is -0.964. The SMILES string of the molecule is CCOc1cccc(/C(O)=C2/C(=O)C(=O)N(CCOC(C)C)C2c2cccc(C)c2)c1. The van der Waals surface area contributed by atoms with Crippen LogP contribution in [0.4, 0.5) is 0 Å². The van der Waals surface area contributed by atoms with Crippen molar-refractivity contribution < 1.29 is 24.2 Å². The second-order valence-electron chi connectivity index (χ2n) is 7.79. The van der Waals surface area contributed by atoms with Crippen LogP contribution in [0.25, 0.3) is 5.76 Å². The zero-order valence-electron chi connectivity index (χ0n) is 18.4. The molecule has 1 aliphatic heterocycles. The van der Waals surface area contributed by atoms with Gasteiger partial charge in [0.05, 0.1) is 30.9 Å². The molecule has 1 N–H and O–H groups in total. The minimum atomic E-state index is -0.699. The lowest BCUT2D eigenvalue weighted by Gasteiger charge is -2.26. The Morgan fingerprint density at radius 2 is 1.87 bits per heavy atom. The zero-order valence-corrected chi connectivity index (χ0v) is 18.4. The number of carbonyl (C=O) groups excluding carboxylic acids is 2. The van der Waals surface area contributed by atoms with E-state index in [0.29, 0.717) is 24.5 Å². The summed E-state index contributed by atoms with van der Waals surface area (Å²) in [6.45, 7) is 8.67. The number of hydrogen-bond acceptors (Lipinski definition) is 5. The van der Waals surface area contributed by atoms with Gasteiger partial charge in [0, 0.05) is 12.1 Å². The summed E-state index contributed by atoms with van der Waals surface area (Å²) in [7, 11) is 0. The van der Waals surface area contributed by atoms with Crippen LogP contribution in [0.2, 0.25) is 0 Å². The minimum absolute atomic E-state index is 0.00977. The predicted octanol–water partition coefficient (Wildman–Crippen LogP) is 4.24. The van der Waals surface area contributed by atoms with Gasteiger partial charge in [-0.25, -0.2) is 0 Å². The molecule has 2 aromatic rings. The molecule has 1 saturated heterocycles. The van der Waals surface area contributed by atoms with Crippen molar-refractivity contribution in [1.29, 1.82) is 0 Å². The summed E-state index contributed by atoms with van der Waals surface area (Å²) >= 11 is 0. The van der Waals surface area contributed by atoms with Gasteiger partial charge in [0.2, 0.25) is 0 Å². The number of ketones is 1. The summed E-state index contributed by atoms with van der Waals surface area (Å²) in [6, 6.07) is 13.8. The molecule has 31 heavy (non-hydrogen) atoms. The number of benzene rings is 2. The Labute approximate surface area is 183 Å². The van der Waals surface area contributed by atoms with Crippen LogP contribution in [0, 0.1) is 6.92 Å². The molecule has 1 amide bonds. The highest BCUT2D eigenvalue weighted by molar-refractivity contribution is 6.46. The molecule has 1 atom stereocenters. The van der Waals surface area contributed by atoms with E-state index in [4.69, 9.17) is 9.47 Å². The van der Waals surface area contributed by atoms with Gasteiger partial charge in [-0.3, -0.25) is 9.59 Å². The summed E-state index contributed by atoms with van der Waals surface area (Å²) < 4.78 is 11.1. The molecule has 1 heterocycles. The Hall–Kier alpha value is -3.12. The lowest BCUT2D eigenvalue weighted by molar-refractivity contribution is -0.140. The van der Waals surface area contributed by atoms with E-state index in [1.165, 1.54) is 4.90 Å². The van der Waals surface area contributed by atoms with Gasteiger partial charge in [-0.1, -0.05) is 42.0 Å². The number of hydrogen-bond donors (Lipinski definition) is 1. The molecule has 0 aliphatic carbocycles. The molecule has 2 aromatic carbocycles. The van der Waals surface area contributed by atoms with Gasteiger partial charge in [0.1, 0.15) is 11.5 Å². The molecule has 1 aliphatic rings. The van der Waals surface area contributed by atoms with Crippen molar-refractivity contribution in [2.75, 3.05) is 19.8 Å². The van der Waals surface area contributed by atoms with E-state index >= 15 is 0 Å². The smallest absolute Gasteiger partial charge is 0.295 e. The van der Waals surface area contributed by atoms with Crippen molar-refractivity contribution in [3.05, 3.63) is 70.8 Å². The summed E-state index contributed by atoms with van der Waals surface area (Å²) in [4.78, 5) is 27.4. The van der Waals surface area contributed by atoms with Gasteiger partial charge in [0.15, 0.2) is 0 Å². The molecular formula is C25H29NO5. The Balaban J connectivity index is 2.09. The van der Waals surface area contributed by atoms with Gasteiger partial charge in [-0.05, 0) is 45.4 Å². The van der Waals surface area contributed by atoms with E-state index in [0.717, 1.165) is 11.1 Å². The molecule has 6 heteroatoms. The molecule has 1 unspecified atom stereocenters. The third-order valence-corrected chi connectivity index (χ3v) is 5.10. The van der Waals surface area contributed by atoms with Crippen molar-refractivity contribution in [3.63, 3.8) is 0 Å². The van der Waals surface area contributed by atoms with Gasteiger partial charge in [-0.15, -0.1) is 0 Å². The number of amides is 1. The van der Waals surface area contributed by atoms with Crippen LogP contribution < -0.4 is 4.74 Å². The first kappa shape index (κ1) is 22.6. The number of likely N-dealkylation sites (tertiary alicyclic amines) is 1. The maximum Gasteiger partial charge on any atom is 0.295 e. The first-order valence-electron chi connectivity index (χ1n) is 10.5. The van der Waals surface area contributed by atoms with E-state index < -0.39 is 17.7 Å². The second kappa shape index (κ2) is 9.79. The number of ether oxygens (including phenoxy) is 2. The average Bonchev–Trinajstić information content (AvgIpc) is 2.98. The monoisotopic (exact) mass is 423 g/mol. The molecule has 6 nitrogen and oxygen atoms in total. The van der Waals surface area contributed by atoms with E-state index in [9.17, 15) is 14.7 Å². The molecule has 164 valence electrons. The topological polar surface area (TPSA) is 76.1 Å². The van der Waals surface area contributed by atoms with Crippen LogP contribution >= 0.6 is 0 Å². The first-order valence-corrected chi connectivity index (χ1v) is 10.5. The Kier molecular flexibility index (Phi) is 7.13. The van der Waals surface area contributed by atoms with Crippen molar-refractivity contribution in [3.8, 4) is 5.75 Å². The minimum Gasteiger partial charge on any atom is -0.507 e. The highest BCUT2D eigenvalue weighted by Gasteiger charge is 2.45. The highest BCUT2D eigenvalue weighted by Crippen LogP contribution is 2.39. The van der Waals surface area contributed by atoms with Gasteiger partial charge < -0.3 is 19.5 Å². The summed E-state index contributed by atoms with van der Waals surface area (Å²) in [6.07, 6.45) is 0.00977. The third kappa shape index (κ3) is 4.97. The molecule has 0 aromatic heterocycles. The summed E-state index contributed by atoms with van der Waals surface area (Å²) in [5, 5.41) is 11.1. The number of aliphatic hydroxyl groups is 1. The summed E-state index contributed by atoms with van der Waals surface area (Å²) in [5.41, 5.74) is 2.28. The molecule has 3 rings (SSSR count). The fourth-order valence-corrected chi connectivity index (χ4v) is 3.74. The fourth-order valence-electron chi connectivity index (χ4n) is 3.74. The van der Waals surface area contributed by atoms with Crippen LogP contribution in [0.15, 0.2) is 54.1 Å². The maximum atomic E-state index is 13.0. The standard InChI is InChI=1S/C25H29NO5/c1-5-30-20-11-7-10-19(15-20)23(27)21-22(18-9-6-8-17(4)14-18)26(25(29)24(21)28)12-13-31-16(2)3/h6-11,14-16,22,27H,5,12-13H2,1-4H3/b23-21-. The van der Waals surface area contributed by atoms with E-state index in [1.54, 1.807) is 24.3 Å². The van der Waals surface area contributed by atoms with Crippen molar-refractivity contribution >= 4 is 17.4 Å². The van der Waals surface area contributed by atoms with Gasteiger partial charge in [0.25, 0.3) is 11.7 Å². The number of aryl methyl sites for hydroxylation is 1. The van der Waals surface area contributed by atoms with E-state index in [2.05, 4.69) is 0 Å². The fraction of sp³-hybridized carbons (Fsp3) is 0.360. The number of nitrogens with zero attached hydrogens (tertiary/aromatic N) is 1. The Morgan fingerprint density at radius 3 is 2.55 bits per heavy atom. The van der Waals surface area contributed by atoms with Crippen LogP contribution in [0.3, 0.4) is 0 Å². The molecule has 0 bridgehead atoms. The van der Waals surface area contributed by atoms with Crippen molar-refractivity contribution in [2.24, 2.45) is 0 Å². The van der Waals surface area contributed by atoms with Crippen LogP contribution in [0.5, 0.6) is 5.75 Å². The number of Topliss-reactive ketones (excluding diaryl/α,β-unsaturated/α-hetero) is 1. The predicted molar refractivity (Wildman–Crippen MR) is 119 cm³/mol. The Bertz CT molecular complexity index is 995. The van der Waals surface area contributed by atoms with Crippen molar-refractivity contribution in [1.82, 2.24) is 4.90 Å². The third-order valence-electron chi connectivity index (χ3n) is 5.10. The maximum absolute atomic E-state index is 13.0. The van der Waals surface area contributed by atoms with Crippen LogP contribution in [-0.4, -0.2) is 47.6 Å². The van der Waals surface area contributed by atoms with Crippen molar-refractivity contribution in [2.45, 2.75) is 39.8 Å². The molecular weight excluding hydrogens is 394 g/mol. The van der Waals surface area contributed by atoms with Gasteiger partial charge in [-0.2, -0.15) is 0 Å². The highest BCUT2D eigenvalue weighted by atomic mass is 16.5. The Morgan fingerprint density at radius 1 is 1.13 bits per heavy atom. The largest absolute Gasteiger partial charge is 0.507 e. The second-order valence-corrected chi connectivity index (χ2v) is 7.79.